The highest BCUT2D eigenvalue weighted by atomic mass is 35.5. The average Bonchev–Trinajstić information content (AvgIpc) is 3.38. The standard InChI is InChI=1S/C23H16ClN5/c1-15-18(12-16-6-8-17(24)9-7-16)23(28-11-10-26-14-28)29-21-5-3-2-4-20(21)27-22(29)19(15)13-25/h2-11,14H,12H2,1H3. The third-order valence-electron chi connectivity index (χ3n) is 5.25. The van der Waals surface area contributed by atoms with Gasteiger partial charge in [-0.2, -0.15) is 5.26 Å². The summed E-state index contributed by atoms with van der Waals surface area (Å²) in [5, 5.41) is 10.7. The van der Waals surface area contributed by atoms with Gasteiger partial charge in [-0.1, -0.05) is 35.9 Å². The Morgan fingerprint density at radius 2 is 1.90 bits per heavy atom. The maximum absolute atomic E-state index is 9.95. The second-order valence-electron chi connectivity index (χ2n) is 6.95. The Kier molecular flexibility index (Phi) is 4.08. The van der Waals surface area contributed by atoms with Crippen LogP contribution in [0.4, 0.5) is 0 Å². The lowest BCUT2D eigenvalue weighted by Gasteiger charge is -2.18. The lowest BCUT2D eigenvalue weighted by atomic mass is 9.97. The number of imidazole rings is 2. The Balaban J connectivity index is 1.91. The number of nitriles is 1. The minimum Gasteiger partial charge on any atom is -0.291 e. The Morgan fingerprint density at radius 3 is 2.62 bits per heavy atom. The number of fused-ring (bicyclic) bond motifs is 3. The largest absolute Gasteiger partial charge is 0.291 e. The van der Waals surface area contributed by atoms with E-state index in [1.807, 2.05) is 66.2 Å². The maximum atomic E-state index is 9.95. The van der Waals surface area contributed by atoms with Crippen LogP contribution in [-0.2, 0) is 6.42 Å². The maximum Gasteiger partial charge on any atom is 0.157 e. The number of nitrogens with zero attached hydrogens (tertiary/aromatic N) is 5. The summed E-state index contributed by atoms with van der Waals surface area (Å²) in [6, 6.07) is 18.1. The topological polar surface area (TPSA) is 58.9 Å². The van der Waals surface area contributed by atoms with Crippen LogP contribution in [0.25, 0.3) is 22.5 Å². The molecule has 3 aromatic heterocycles. The molecule has 29 heavy (non-hydrogen) atoms. The Morgan fingerprint density at radius 1 is 1.10 bits per heavy atom. The molecule has 0 aliphatic rings. The van der Waals surface area contributed by atoms with E-state index in [0.29, 0.717) is 22.7 Å². The molecule has 0 unspecified atom stereocenters. The molecule has 0 aliphatic carbocycles. The van der Waals surface area contributed by atoms with E-state index in [1.165, 1.54) is 0 Å². The zero-order chi connectivity index (χ0) is 20.0. The van der Waals surface area contributed by atoms with Gasteiger partial charge < -0.3 is 0 Å². The SMILES string of the molecule is Cc1c(Cc2ccc(Cl)cc2)c(-n2ccnc2)n2c(nc3ccccc32)c1C#N. The van der Waals surface area contributed by atoms with Gasteiger partial charge in [0.1, 0.15) is 18.2 Å². The van der Waals surface area contributed by atoms with E-state index in [4.69, 9.17) is 16.6 Å². The quantitative estimate of drug-likeness (QED) is 0.425. The highest BCUT2D eigenvalue weighted by Gasteiger charge is 2.21. The van der Waals surface area contributed by atoms with Gasteiger partial charge in [0.05, 0.1) is 16.6 Å². The van der Waals surface area contributed by atoms with Crippen molar-refractivity contribution < 1.29 is 0 Å². The van der Waals surface area contributed by atoms with Crippen LogP contribution >= 0.6 is 11.6 Å². The number of halogens is 1. The van der Waals surface area contributed by atoms with E-state index in [0.717, 1.165) is 33.5 Å². The molecule has 0 bridgehead atoms. The summed E-state index contributed by atoms with van der Waals surface area (Å²) in [6.45, 7) is 1.99. The van der Waals surface area contributed by atoms with Gasteiger partial charge in [0.15, 0.2) is 5.65 Å². The fourth-order valence-electron chi connectivity index (χ4n) is 3.84. The number of benzene rings is 2. The van der Waals surface area contributed by atoms with Crippen LogP contribution in [0.3, 0.4) is 0 Å². The summed E-state index contributed by atoms with van der Waals surface area (Å²) in [5.41, 5.74) is 6.16. The number of pyridine rings is 1. The molecule has 140 valence electrons. The predicted molar refractivity (Wildman–Crippen MR) is 114 cm³/mol. The molecule has 0 N–H and O–H groups in total. The fraction of sp³-hybridized carbons (Fsp3) is 0.0870. The van der Waals surface area contributed by atoms with Crippen LogP contribution in [-0.4, -0.2) is 18.9 Å². The van der Waals surface area contributed by atoms with Gasteiger partial charge in [0, 0.05) is 29.4 Å². The van der Waals surface area contributed by atoms with Crippen molar-refractivity contribution >= 4 is 28.3 Å². The molecule has 5 nitrogen and oxygen atoms in total. The van der Waals surface area contributed by atoms with Crippen molar-refractivity contribution in [2.75, 3.05) is 0 Å². The molecule has 0 saturated carbocycles. The summed E-state index contributed by atoms with van der Waals surface area (Å²) in [7, 11) is 0. The van der Waals surface area contributed by atoms with E-state index in [1.54, 1.807) is 12.5 Å². The first-order valence-corrected chi connectivity index (χ1v) is 9.60. The summed E-state index contributed by atoms with van der Waals surface area (Å²) >= 11 is 6.07. The van der Waals surface area contributed by atoms with Crippen molar-refractivity contribution in [1.29, 1.82) is 5.26 Å². The van der Waals surface area contributed by atoms with Crippen LogP contribution in [0.2, 0.25) is 5.02 Å². The first-order valence-electron chi connectivity index (χ1n) is 9.23. The van der Waals surface area contributed by atoms with Crippen molar-refractivity contribution in [2.45, 2.75) is 13.3 Å². The minimum atomic E-state index is 0.592. The van der Waals surface area contributed by atoms with Crippen LogP contribution in [0.1, 0.15) is 22.3 Å². The van der Waals surface area contributed by atoms with Gasteiger partial charge in [-0.15, -0.1) is 0 Å². The molecule has 2 aromatic carbocycles. The molecule has 0 amide bonds. The summed E-state index contributed by atoms with van der Waals surface area (Å²) in [5.74, 6) is 0.942. The molecule has 0 radical (unpaired) electrons. The van der Waals surface area contributed by atoms with Crippen molar-refractivity contribution in [3.63, 3.8) is 0 Å². The monoisotopic (exact) mass is 397 g/mol. The third-order valence-corrected chi connectivity index (χ3v) is 5.50. The van der Waals surface area contributed by atoms with Crippen molar-refractivity contribution in [1.82, 2.24) is 18.9 Å². The smallest absolute Gasteiger partial charge is 0.157 e. The summed E-state index contributed by atoms with van der Waals surface area (Å²) in [6.07, 6.45) is 6.11. The van der Waals surface area contributed by atoms with Gasteiger partial charge in [-0.05, 0) is 42.3 Å². The second-order valence-corrected chi connectivity index (χ2v) is 7.38. The summed E-state index contributed by atoms with van der Waals surface area (Å²) in [4.78, 5) is 9.01. The van der Waals surface area contributed by atoms with E-state index in [2.05, 4.69) is 15.5 Å². The van der Waals surface area contributed by atoms with Crippen molar-refractivity contribution in [3.05, 3.63) is 94.5 Å². The Bertz CT molecular complexity index is 1390. The normalized spacial score (nSPS) is 11.2. The first-order chi connectivity index (χ1) is 14.2. The van der Waals surface area contributed by atoms with Crippen molar-refractivity contribution in [2.24, 2.45) is 0 Å². The van der Waals surface area contributed by atoms with Crippen LogP contribution in [0.15, 0.2) is 67.3 Å². The third kappa shape index (κ3) is 2.77. The second kappa shape index (κ2) is 6.77. The molecular weight excluding hydrogens is 382 g/mol. The van der Waals surface area contributed by atoms with Crippen LogP contribution in [0.5, 0.6) is 0 Å². The molecule has 0 aliphatic heterocycles. The van der Waals surface area contributed by atoms with Gasteiger partial charge in [-0.3, -0.25) is 8.97 Å². The van der Waals surface area contributed by atoms with Gasteiger partial charge in [0.25, 0.3) is 0 Å². The number of rotatable bonds is 3. The Labute approximate surface area is 172 Å². The van der Waals surface area contributed by atoms with Gasteiger partial charge in [-0.25, -0.2) is 9.97 Å². The minimum absolute atomic E-state index is 0.592. The summed E-state index contributed by atoms with van der Waals surface area (Å²) < 4.78 is 4.05. The number of hydrogen-bond donors (Lipinski definition) is 0. The van der Waals surface area contributed by atoms with Crippen LogP contribution in [0, 0.1) is 18.3 Å². The highest BCUT2D eigenvalue weighted by Crippen LogP contribution is 2.31. The van der Waals surface area contributed by atoms with Crippen molar-refractivity contribution in [3.8, 4) is 11.9 Å². The van der Waals surface area contributed by atoms with E-state index < -0.39 is 0 Å². The zero-order valence-corrected chi connectivity index (χ0v) is 16.4. The average molecular weight is 398 g/mol. The molecular formula is C23H16ClN5. The van der Waals surface area contributed by atoms with E-state index in [9.17, 15) is 5.26 Å². The molecule has 5 aromatic rings. The lowest BCUT2D eigenvalue weighted by molar-refractivity contribution is 0.924. The zero-order valence-electron chi connectivity index (χ0n) is 15.7. The van der Waals surface area contributed by atoms with E-state index >= 15 is 0 Å². The lowest BCUT2D eigenvalue weighted by Crippen LogP contribution is -2.10. The molecule has 3 heterocycles. The van der Waals surface area contributed by atoms with Gasteiger partial charge >= 0.3 is 0 Å². The molecule has 5 rings (SSSR count). The molecule has 0 fully saturated rings. The predicted octanol–water partition coefficient (Wildman–Crippen LogP) is 5.10. The van der Waals surface area contributed by atoms with Gasteiger partial charge in [0.2, 0.25) is 0 Å². The van der Waals surface area contributed by atoms with Crippen LogP contribution < -0.4 is 0 Å². The molecule has 0 spiro atoms. The molecule has 6 heteroatoms. The first kappa shape index (κ1) is 17.5. The molecule has 0 saturated heterocycles. The highest BCUT2D eigenvalue weighted by molar-refractivity contribution is 6.30. The number of para-hydroxylation sites is 2. The Hall–Kier alpha value is -3.62. The number of aromatic nitrogens is 4. The van der Waals surface area contributed by atoms with E-state index in [-0.39, 0.29) is 0 Å². The number of hydrogen-bond acceptors (Lipinski definition) is 3. The molecule has 0 atom stereocenters. The fourth-order valence-corrected chi connectivity index (χ4v) is 3.96.